The zero-order valence-electron chi connectivity index (χ0n) is 77.6. The van der Waals surface area contributed by atoms with Crippen LogP contribution >= 0.6 is 0 Å². The molecule has 0 amide bonds. The van der Waals surface area contributed by atoms with Crippen LogP contribution in [0.1, 0.15) is 0 Å². The first-order chi connectivity index (χ1) is 67.8. The monoisotopic (exact) mass is 2540 g/mol. The van der Waals surface area contributed by atoms with Gasteiger partial charge in [-0.3, -0.25) is 15.0 Å². The van der Waals surface area contributed by atoms with E-state index in [0.717, 1.165) is 90.3 Å². The summed E-state index contributed by atoms with van der Waals surface area (Å²) < 4.78 is 0. The Morgan fingerprint density at radius 3 is 0.993 bits per heavy atom. The molecule has 0 unspecified atom stereocenters. The maximum Gasteiger partial charge on any atom is 3.00 e. The third-order valence-electron chi connectivity index (χ3n) is 22.1. The maximum absolute atomic E-state index is 4.51. The molecule has 14 aromatic carbocycles. The summed E-state index contributed by atoms with van der Waals surface area (Å²) >= 11 is 0. The standard InChI is InChI=1S/3C17H13BN.C17H13N2.C15H12N2.C14H12N2.C13H11N3.C10H10N2.4Ir/c3*1-3-9-15(10-4-1)18(16-11-5-2-6-12-16)17-13-7-8-14-19-17;1-3-9-15(10-4-1)19(16-11-5-2-6-12-16)17-13-7-8-14-18-17;1-3-7-14(8-4-1)16-11-12-17(13-16)15-9-5-2-6-10-15;1-15-11-16(12-7-3-2-4-8-12)14-10-6-5-9-13(14)15;1-15-10-16(11-6-3-2-4-7-11)13-12(15)8-5-9-14-13;1-11-7-8-12(9-11)10-5-3-2-4-6-10;;;;/h4*1-11,13-14H;1-9,11-13H;2-7,9-11H,1H3;2-6,8-10H,1H3;2-5,7-9H,1H3;;;;/q4*-1;4*-2;4*+3. The van der Waals surface area contributed by atoms with Gasteiger partial charge < -0.3 is 44.1 Å². The summed E-state index contributed by atoms with van der Waals surface area (Å²) in [5.74, 6) is 1.84. The summed E-state index contributed by atoms with van der Waals surface area (Å²) in [5.41, 5.74) is 21.2. The van der Waals surface area contributed by atoms with Gasteiger partial charge in [0.05, 0.1) is 0 Å². The van der Waals surface area contributed by atoms with E-state index in [1.807, 2.05) is 388 Å². The Morgan fingerprint density at radius 1 is 0.248 bits per heavy atom. The third kappa shape index (κ3) is 29.7. The van der Waals surface area contributed by atoms with E-state index < -0.39 is 0 Å². The predicted molar refractivity (Wildman–Crippen MR) is 570 cm³/mol. The van der Waals surface area contributed by atoms with Crippen molar-refractivity contribution >= 4 is 138 Å². The van der Waals surface area contributed by atoms with Crippen molar-refractivity contribution in [3.05, 3.63) is 586 Å². The van der Waals surface area contributed by atoms with Crippen LogP contribution in [0.4, 0.5) is 68.5 Å². The van der Waals surface area contributed by atoms with E-state index in [0.29, 0.717) is 0 Å². The molecule has 23 rings (SSSR count). The average Bonchev–Trinajstić information content (AvgIpc) is 1.65. The second-order valence-electron chi connectivity index (χ2n) is 31.4. The molecule has 0 saturated heterocycles. The number of nitrogens with zero attached hydrogens (tertiary/aromatic N) is 14. The molecule has 0 radical (unpaired) electrons. The molecule has 0 fully saturated rings. The fraction of sp³-hybridized carbons (Fsp3) is 0.0250. The Morgan fingerprint density at radius 2 is 0.589 bits per heavy atom. The molecular weight excluding hydrogens is 2440 g/mol. The van der Waals surface area contributed by atoms with E-state index in [9.17, 15) is 0 Å². The Balaban J connectivity index is 0.000000144. The molecule has 5 aromatic heterocycles. The van der Waals surface area contributed by atoms with Crippen LogP contribution in [0.3, 0.4) is 0 Å². The second kappa shape index (κ2) is 56.4. The minimum absolute atomic E-state index is 0. The summed E-state index contributed by atoms with van der Waals surface area (Å²) in [6, 6.07) is 178. The predicted octanol–water partition coefficient (Wildman–Crippen LogP) is 19.6. The Hall–Kier alpha value is -14.7. The van der Waals surface area contributed by atoms with Crippen molar-refractivity contribution in [3.8, 4) is 0 Å². The van der Waals surface area contributed by atoms with Gasteiger partial charge in [-0.1, -0.05) is 186 Å². The van der Waals surface area contributed by atoms with E-state index in [1.165, 1.54) is 27.8 Å². The van der Waals surface area contributed by atoms with E-state index in [-0.39, 0.29) is 101 Å². The fourth-order valence-corrected chi connectivity index (χ4v) is 15.6. The van der Waals surface area contributed by atoms with Crippen LogP contribution in [0, 0.1) is 75.2 Å². The molecule has 0 aliphatic carbocycles. The van der Waals surface area contributed by atoms with Crippen molar-refractivity contribution in [2.75, 3.05) is 60.3 Å². The van der Waals surface area contributed by atoms with E-state index in [4.69, 9.17) is 0 Å². The van der Waals surface area contributed by atoms with Crippen LogP contribution in [0.2, 0.25) is 0 Å². The largest absolute Gasteiger partial charge is 3.00 e. The van der Waals surface area contributed by atoms with Gasteiger partial charge in [-0.2, -0.15) is 273 Å². The van der Waals surface area contributed by atoms with Crippen LogP contribution in [0.25, 0.3) is 0 Å². The van der Waals surface area contributed by atoms with Gasteiger partial charge in [0, 0.05) is 76.2 Å². The van der Waals surface area contributed by atoms with Gasteiger partial charge >= 0.3 is 80.4 Å². The van der Waals surface area contributed by atoms with Gasteiger partial charge in [-0.15, -0.1) is 35.5 Å². The van der Waals surface area contributed by atoms with Crippen molar-refractivity contribution in [2.24, 2.45) is 0 Å². The summed E-state index contributed by atoms with van der Waals surface area (Å²) in [6.45, 7) is 8.57. The van der Waals surface area contributed by atoms with Crippen LogP contribution in [-0.2, 0) is 80.4 Å². The van der Waals surface area contributed by atoms with Crippen molar-refractivity contribution in [2.45, 2.75) is 0 Å². The first-order valence-corrected chi connectivity index (χ1v) is 45.2. The van der Waals surface area contributed by atoms with Crippen molar-refractivity contribution in [1.82, 2.24) is 29.8 Å². The van der Waals surface area contributed by atoms with Gasteiger partial charge in [0.25, 0.3) is 0 Å². The zero-order valence-corrected chi connectivity index (χ0v) is 87.2. The van der Waals surface area contributed by atoms with Crippen LogP contribution in [0.5, 0.6) is 0 Å². The van der Waals surface area contributed by atoms with Crippen LogP contribution in [0.15, 0.2) is 511 Å². The smallest absolute Gasteiger partial charge is 0.510 e. The van der Waals surface area contributed by atoms with E-state index in [2.05, 4.69) is 282 Å². The van der Waals surface area contributed by atoms with Crippen molar-refractivity contribution in [3.63, 3.8) is 0 Å². The number of benzene rings is 14. The van der Waals surface area contributed by atoms with Gasteiger partial charge in [0.1, 0.15) is 11.6 Å². The minimum Gasteiger partial charge on any atom is -0.510 e. The maximum atomic E-state index is 4.51. The minimum atomic E-state index is 0. The molecule has 0 spiro atoms. The van der Waals surface area contributed by atoms with Crippen LogP contribution in [-0.4, -0.2) is 71.1 Å². The molecule has 0 bridgehead atoms. The second-order valence-corrected chi connectivity index (χ2v) is 31.4. The summed E-state index contributed by atoms with van der Waals surface area (Å²) in [4.78, 5) is 41.0. The summed E-state index contributed by atoms with van der Waals surface area (Å²) in [5, 5.41) is 0. The SMILES string of the molecule is CN1C=CN(c2[c-]cccc2)[CH-]1.CN1[CH-]N(c2[c-]cccc2)c2ccccc21.CN1[CH-]N(c2[c-]cccc2)c2ncccc21.[Ir+3].[Ir+3].[Ir+3].[Ir+3].[c-]1ccccc1B(c1ccccc1)c1ccccn1.[c-]1ccccc1B(c1ccccc1)c1ccccn1.[c-]1ccccc1B(c1ccccc1)c1ccccn1.[c-]1ccccc1N(c1ccccc1)c1ccccn1.[c-]1ccccc1N1C=CN(c2ccccc2)[CH-]1. The van der Waals surface area contributed by atoms with Crippen molar-refractivity contribution in [1.29, 1.82) is 0 Å². The first-order valence-electron chi connectivity index (χ1n) is 45.2. The fourth-order valence-electron chi connectivity index (χ4n) is 15.6. The molecule has 21 heteroatoms. The molecule has 0 N–H and O–H groups in total. The molecular formula is C120H97B3Ir4N14. The number of rotatable bonds is 17. The molecule has 14 nitrogen and oxygen atoms in total. The Labute approximate surface area is 886 Å². The number of fused-ring (bicyclic) bond motifs is 2. The molecule has 0 saturated carbocycles. The van der Waals surface area contributed by atoms with Gasteiger partial charge in [0.2, 0.25) is 20.1 Å². The molecule has 141 heavy (non-hydrogen) atoms. The quantitative estimate of drug-likeness (QED) is 0.0640. The number of anilines is 12. The molecule has 19 aromatic rings. The van der Waals surface area contributed by atoms with E-state index in [1.54, 1.807) is 6.20 Å². The van der Waals surface area contributed by atoms with Gasteiger partial charge in [0.15, 0.2) is 0 Å². The number of pyridine rings is 5. The number of hydrogen-bond acceptors (Lipinski definition) is 14. The summed E-state index contributed by atoms with van der Waals surface area (Å²) in [6.07, 6.45) is 17.2. The Bertz CT molecular complexity index is 5760. The number of aromatic nitrogens is 5. The zero-order chi connectivity index (χ0) is 93.5. The normalized spacial score (nSPS) is 11.7. The average molecular weight is 2540 g/mol. The Kier molecular flexibility index (Phi) is 42.1. The molecule has 0 atom stereocenters. The number of para-hydroxylation sites is 9. The topological polar surface area (TPSA) is 93.6 Å². The first kappa shape index (κ1) is 105. The molecule has 692 valence electrons. The molecule has 4 aliphatic rings. The van der Waals surface area contributed by atoms with Gasteiger partial charge in [-0.05, 0) is 143 Å². The van der Waals surface area contributed by atoms with Gasteiger partial charge in [-0.25, -0.2) is 9.97 Å². The van der Waals surface area contributed by atoms with Crippen LogP contribution < -0.4 is 88.8 Å². The van der Waals surface area contributed by atoms with E-state index >= 15 is 0 Å². The van der Waals surface area contributed by atoms with Crippen molar-refractivity contribution < 1.29 is 80.4 Å². The summed E-state index contributed by atoms with van der Waals surface area (Å²) in [7, 11) is 6.07. The number of hydrogen-bond donors (Lipinski definition) is 0. The molecule has 9 heterocycles. The third-order valence-corrected chi connectivity index (χ3v) is 22.1. The molecule has 4 aliphatic heterocycles.